The molecule has 1 aliphatic carbocycles. The first kappa shape index (κ1) is 13.0. The van der Waals surface area contributed by atoms with E-state index in [9.17, 15) is 5.11 Å². The number of nitrogens with zero attached hydrogens (tertiary/aromatic N) is 1. The Morgan fingerprint density at radius 2 is 2.21 bits per heavy atom. The van der Waals surface area contributed by atoms with E-state index < -0.39 is 0 Å². The van der Waals surface area contributed by atoms with Crippen molar-refractivity contribution in [2.75, 3.05) is 13.1 Å². The van der Waals surface area contributed by atoms with E-state index in [2.05, 4.69) is 31.7 Å². The van der Waals surface area contributed by atoms with Gasteiger partial charge in [-0.05, 0) is 66.9 Å². The molecule has 1 fully saturated rings. The third-order valence-corrected chi connectivity index (χ3v) is 5.62. The summed E-state index contributed by atoms with van der Waals surface area (Å²) in [6, 6.07) is 6.67. The molecular formula is C17H25NO. The van der Waals surface area contributed by atoms with Gasteiger partial charge in [0.2, 0.25) is 0 Å². The van der Waals surface area contributed by atoms with E-state index in [1.807, 2.05) is 12.1 Å². The van der Waals surface area contributed by atoms with Crippen molar-refractivity contribution in [3.05, 3.63) is 29.3 Å². The van der Waals surface area contributed by atoms with Crippen LogP contribution in [0.5, 0.6) is 5.75 Å². The fourth-order valence-corrected chi connectivity index (χ4v) is 4.26. The molecule has 1 heterocycles. The lowest BCUT2D eigenvalue weighted by molar-refractivity contribution is 0.0315. The Labute approximate surface area is 116 Å². The van der Waals surface area contributed by atoms with Gasteiger partial charge in [-0.25, -0.2) is 0 Å². The van der Waals surface area contributed by atoms with Crippen molar-refractivity contribution >= 4 is 0 Å². The summed E-state index contributed by atoms with van der Waals surface area (Å²) in [5.41, 5.74) is 3.08. The van der Waals surface area contributed by atoms with Crippen LogP contribution in [-0.4, -0.2) is 29.1 Å². The maximum absolute atomic E-state index is 9.81. The van der Waals surface area contributed by atoms with Crippen molar-refractivity contribution in [2.24, 2.45) is 5.92 Å². The highest BCUT2D eigenvalue weighted by atomic mass is 16.3. The van der Waals surface area contributed by atoms with Crippen LogP contribution in [0.2, 0.25) is 0 Å². The van der Waals surface area contributed by atoms with Gasteiger partial charge >= 0.3 is 0 Å². The molecule has 2 heteroatoms. The van der Waals surface area contributed by atoms with Crippen LogP contribution in [0.3, 0.4) is 0 Å². The molecule has 104 valence electrons. The SMILES string of the molecule is CCCN1CC[C@@]2(C)c3cc(O)ccc3C[C@@H]1[C@H]2C. The average Bonchev–Trinajstić information content (AvgIpc) is 2.38. The van der Waals surface area contributed by atoms with E-state index >= 15 is 0 Å². The third kappa shape index (κ3) is 1.88. The van der Waals surface area contributed by atoms with E-state index in [1.165, 1.54) is 37.1 Å². The van der Waals surface area contributed by atoms with Crippen LogP contribution in [-0.2, 0) is 11.8 Å². The molecule has 1 aromatic rings. The van der Waals surface area contributed by atoms with E-state index in [-0.39, 0.29) is 5.41 Å². The molecule has 0 saturated carbocycles. The molecular weight excluding hydrogens is 234 g/mol. The lowest BCUT2D eigenvalue weighted by Crippen LogP contribution is -2.57. The van der Waals surface area contributed by atoms with Gasteiger partial charge in [0.15, 0.2) is 0 Å². The molecule has 2 aliphatic rings. The predicted molar refractivity (Wildman–Crippen MR) is 78.6 cm³/mol. The fraction of sp³-hybridized carbons (Fsp3) is 0.647. The van der Waals surface area contributed by atoms with Crippen LogP contribution in [0, 0.1) is 5.92 Å². The van der Waals surface area contributed by atoms with Crippen molar-refractivity contribution in [3.8, 4) is 5.75 Å². The first-order valence-electron chi connectivity index (χ1n) is 7.62. The van der Waals surface area contributed by atoms with Gasteiger partial charge < -0.3 is 5.11 Å². The monoisotopic (exact) mass is 259 g/mol. The van der Waals surface area contributed by atoms with Crippen molar-refractivity contribution in [3.63, 3.8) is 0 Å². The Bertz CT molecular complexity index is 484. The van der Waals surface area contributed by atoms with E-state index in [1.54, 1.807) is 0 Å². The number of phenolic OH excluding ortho intramolecular Hbond substituents is 1. The van der Waals surface area contributed by atoms with Crippen LogP contribution < -0.4 is 0 Å². The second-order valence-electron chi connectivity index (χ2n) is 6.61. The quantitative estimate of drug-likeness (QED) is 0.880. The highest BCUT2D eigenvalue weighted by Crippen LogP contribution is 2.49. The zero-order chi connectivity index (χ0) is 13.6. The minimum atomic E-state index is 0.237. The molecule has 1 aliphatic heterocycles. The molecule has 3 atom stereocenters. The summed E-state index contributed by atoms with van der Waals surface area (Å²) < 4.78 is 0. The standard InChI is InChI=1S/C17H25NO/c1-4-8-18-9-7-17(3)12(2)16(18)10-13-5-6-14(19)11-15(13)17/h5-6,11-12,16,19H,4,7-10H2,1-3H3/t12-,16-,17-/m1/s1. The summed E-state index contributed by atoms with van der Waals surface area (Å²) in [6.07, 6.45) is 3.59. The first-order chi connectivity index (χ1) is 9.06. The lowest BCUT2D eigenvalue weighted by Gasteiger charge is -2.54. The zero-order valence-electron chi connectivity index (χ0n) is 12.3. The van der Waals surface area contributed by atoms with E-state index in [0.717, 1.165) is 6.42 Å². The first-order valence-corrected chi connectivity index (χ1v) is 7.62. The van der Waals surface area contributed by atoms with Gasteiger partial charge in [-0.3, -0.25) is 4.90 Å². The maximum Gasteiger partial charge on any atom is 0.115 e. The number of piperidine rings is 1. The van der Waals surface area contributed by atoms with Crippen LogP contribution in [0.15, 0.2) is 18.2 Å². The lowest BCUT2D eigenvalue weighted by atomic mass is 9.59. The molecule has 0 unspecified atom stereocenters. The minimum absolute atomic E-state index is 0.237. The van der Waals surface area contributed by atoms with Crippen molar-refractivity contribution in [2.45, 2.75) is 51.5 Å². The largest absolute Gasteiger partial charge is 0.508 e. The Balaban J connectivity index is 2.03. The number of aromatic hydroxyl groups is 1. The molecule has 3 rings (SSSR count). The number of likely N-dealkylation sites (tertiary alicyclic amines) is 1. The van der Waals surface area contributed by atoms with Gasteiger partial charge in [0.1, 0.15) is 5.75 Å². The number of hydrogen-bond acceptors (Lipinski definition) is 2. The molecule has 0 spiro atoms. The summed E-state index contributed by atoms with van der Waals surface area (Å²) >= 11 is 0. The minimum Gasteiger partial charge on any atom is -0.508 e. The summed E-state index contributed by atoms with van der Waals surface area (Å²) in [5, 5.41) is 9.81. The van der Waals surface area contributed by atoms with Crippen molar-refractivity contribution in [1.29, 1.82) is 0 Å². The Morgan fingerprint density at radius 3 is 2.95 bits per heavy atom. The molecule has 2 nitrogen and oxygen atoms in total. The number of rotatable bonds is 2. The van der Waals surface area contributed by atoms with Crippen molar-refractivity contribution < 1.29 is 5.11 Å². The summed E-state index contributed by atoms with van der Waals surface area (Å²) in [6.45, 7) is 9.49. The second-order valence-corrected chi connectivity index (χ2v) is 6.61. The third-order valence-electron chi connectivity index (χ3n) is 5.62. The van der Waals surface area contributed by atoms with Gasteiger partial charge in [0.05, 0.1) is 0 Å². The Morgan fingerprint density at radius 1 is 1.42 bits per heavy atom. The van der Waals surface area contributed by atoms with Crippen molar-refractivity contribution in [1.82, 2.24) is 4.90 Å². The van der Waals surface area contributed by atoms with Crippen LogP contribution in [0.1, 0.15) is 44.7 Å². The normalized spacial score (nSPS) is 34.1. The Kier molecular flexibility index (Phi) is 3.09. The molecule has 0 radical (unpaired) electrons. The zero-order valence-corrected chi connectivity index (χ0v) is 12.3. The van der Waals surface area contributed by atoms with Gasteiger partial charge in [0.25, 0.3) is 0 Å². The highest BCUT2D eigenvalue weighted by Gasteiger charge is 2.48. The van der Waals surface area contributed by atoms with Gasteiger partial charge in [-0.2, -0.15) is 0 Å². The summed E-state index contributed by atoms with van der Waals surface area (Å²) in [5.74, 6) is 1.09. The average molecular weight is 259 g/mol. The van der Waals surface area contributed by atoms with Crippen LogP contribution >= 0.6 is 0 Å². The van der Waals surface area contributed by atoms with Crippen LogP contribution in [0.4, 0.5) is 0 Å². The number of phenols is 1. The van der Waals surface area contributed by atoms with E-state index in [4.69, 9.17) is 0 Å². The highest BCUT2D eigenvalue weighted by molar-refractivity contribution is 5.44. The molecule has 1 aromatic carbocycles. The predicted octanol–water partition coefficient (Wildman–Crippen LogP) is 3.33. The number of hydrogen-bond donors (Lipinski definition) is 1. The molecule has 0 aromatic heterocycles. The maximum atomic E-state index is 9.81. The van der Waals surface area contributed by atoms with Gasteiger partial charge in [-0.15, -0.1) is 0 Å². The summed E-state index contributed by atoms with van der Waals surface area (Å²) in [4.78, 5) is 2.68. The molecule has 19 heavy (non-hydrogen) atoms. The second kappa shape index (κ2) is 4.52. The van der Waals surface area contributed by atoms with Gasteiger partial charge in [-0.1, -0.05) is 26.8 Å². The van der Waals surface area contributed by atoms with Gasteiger partial charge in [0, 0.05) is 6.04 Å². The van der Waals surface area contributed by atoms with E-state index in [0.29, 0.717) is 17.7 Å². The number of fused-ring (bicyclic) bond motifs is 4. The summed E-state index contributed by atoms with van der Waals surface area (Å²) in [7, 11) is 0. The van der Waals surface area contributed by atoms with Crippen LogP contribution in [0.25, 0.3) is 0 Å². The molecule has 2 bridgehead atoms. The molecule has 0 amide bonds. The molecule has 1 N–H and O–H groups in total. The topological polar surface area (TPSA) is 23.5 Å². The number of benzene rings is 1. The Hall–Kier alpha value is -1.02. The fourth-order valence-electron chi connectivity index (χ4n) is 4.26. The molecule has 1 saturated heterocycles. The smallest absolute Gasteiger partial charge is 0.115 e.